The number of hydrogen-bond donors (Lipinski definition) is 2. The Hall–Kier alpha value is -3.98. The predicted molar refractivity (Wildman–Crippen MR) is 148 cm³/mol. The zero-order valence-electron chi connectivity index (χ0n) is 23.0. The summed E-state index contributed by atoms with van der Waals surface area (Å²) in [6, 6.07) is 13.5. The number of aromatic hydroxyl groups is 1. The van der Waals surface area contributed by atoms with Gasteiger partial charge in [0.05, 0.1) is 11.9 Å². The summed E-state index contributed by atoms with van der Waals surface area (Å²) in [4.78, 5) is 18.6. The van der Waals surface area contributed by atoms with E-state index < -0.39 is 5.97 Å². The van der Waals surface area contributed by atoms with Crippen LogP contribution in [0.2, 0.25) is 0 Å². The lowest BCUT2D eigenvalue weighted by Crippen LogP contribution is -2.36. The maximum absolute atomic E-state index is 12.0. The summed E-state index contributed by atoms with van der Waals surface area (Å²) in [5.41, 5.74) is 7.50. The average molecular weight is 530 g/mol. The molecule has 0 fully saturated rings. The largest absolute Gasteiger partial charge is 0.493 e. The van der Waals surface area contributed by atoms with Crippen molar-refractivity contribution < 1.29 is 19.7 Å². The van der Waals surface area contributed by atoms with Crippen molar-refractivity contribution in [1.82, 2.24) is 24.9 Å². The molecule has 9 heteroatoms. The van der Waals surface area contributed by atoms with E-state index >= 15 is 0 Å². The van der Waals surface area contributed by atoms with Crippen molar-refractivity contribution >= 4 is 17.0 Å². The first-order valence-electron chi connectivity index (χ1n) is 13.3. The number of aromatic nitrogens is 4. The third kappa shape index (κ3) is 5.45. The monoisotopic (exact) mass is 529 g/mol. The maximum atomic E-state index is 12.0. The lowest BCUT2D eigenvalue weighted by atomic mass is 9.84. The van der Waals surface area contributed by atoms with E-state index in [9.17, 15) is 15.0 Å². The normalized spacial score (nSPS) is 16.6. The molecule has 0 aliphatic carbocycles. The molecule has 2 N–H and O–H groups in total. The van der Waals surface area contributed by atoms with E-state index in [1.165, 1.54) is 0 Å². The van der Waals surface area contributed by atoms with E-state index in [1.54, 1.807) is 16.8 Å². The molecule has 4 aromatic rings. The molecule has 0 spiro atoms. The minimum absolute atomic E-state index is 0.0227. The van der Waals surface area contributed by atoms with Crippen LogP contribution >= 0.6 is 0 Å². The third-order valence-corrected chi connectivity index (χ3v) is 7.75. The first-order chi connectivity index (χ1) is 18.6. The van der Waals surface area contributed by atoms with Crippen molar-refractivity contribution in [2.75, 3.05) is 6.54 Å². The number of aliphatic carboxylic acids is 1. The Morgan fingerprint density at radius 2 is 1.95 bits per heavy atom. The van der Waals surface area contributed by atoms with Crippen molar-refractivity contribution in [3.05, 3.63) is 76.0 Å². The first-order valence-corrected chi connectivity index (χ1v) is 13.3. The number of benzene rings is 2. The Kier molecular flexibility index (Phi) is 7.27. The lowest BCUT2D eigenvalue weighted by Gasteiger charge is -2.27. The topological polar surface area (TPSA) is 114 Å². The molecular weight excluding hydrogens is 494 g/mol. The van der Waals surface area contributed by atoms with Gasteiger partial charge in [-0.2, -0.15) is 0 Å². The zero-order chi connectivity index (χ0) is 27.8. The SMILES string of the molecule is Cc1ccc([C@H](CC(=O)O)c2ccc3c(nnn3C)c2C)cc1CN1Cc2nc(O)ccc2OC(C(C)C)C1. The molecular formula is C30H35N5O4. The summed E-state index contributed by atoms with van der Waals surface area (Å²) in [6.07, 6.45) is -0.0548. The standard InChI is InChI=1S/C30H35N5O4/c1-17(2)27-16-35(15-24-26(39-27)10-11-28(36)31-24)14-21-12-20(7-6-18(21)3)23(13-29(37)38)22-8-9-25-30(19(22)4)32-33-34(25)5/h6-12,17,23,27H,13-16H2,1-5H3,(H,31,36)(H,37,38)/t23-,27?/m0/s1. The fraction of sp³-hybridized carbons (Fsp3) is 0.400. The van der Waals surface area contributed by atoms with Gasteiger partial charge in [0.15, 0.2) is 0 Å². The van der Waals surface area contributed by atoms with Gasteiger partial charge in [-0.25, -0.2) is 9.67 Å². The molecule has 1 aliphatic heterocycles. The highest BCUT2D eigenvalue weighted by molar-refractivity contribution is 5.80. The lowest BCUT2D eigenvalue weighted by molar-refractivity contribution is -0.137. The van der Waals surface area contributed by atoms with Gasteiger partial charge in [0.2, 0.25) is 5.88 Å². The molecule has 39 heavy (non-hydrogen) atoms. The number of carboxylic acids is 1. The van der Waals surface area contributed by atoms with Crippen LogP contribution in [0.1, 0.15) is 59.7 Å². The van der Waals surface area contributed by atoms with Gasteiger partial charge < -0.3 is 14.9 Å². The van der Waals surface area contributed by atoms with Gasteiger partial charge in [-0.05, 0) is 59.7 Å². The van der Waals surface area contributed by atoms with Crippen molar-refractivity contribution in [3.63, 3.8) is 0 Å². The average Bonchev–Trinajstić information content (AvgIpc) is 3.16. The van der Waals surface area contributed by atoms with Crippen LogP contribution in [0.5, 0.6) is 11.6 Å². The fourth-order valence-electron chi connectivity index (χ4n) is 5.42. The van der Waals surface area contributed by atoms with Gasteiger partial charge in [0.25, 0.3) is 0 Å². The number of carboxylic acid groups (broad SMARTS) is 1. The second-order valence-corrected chi connectivity index (χ2v) is 10.9. The Balaban J connectivity index is 1.50. The van der Waals surface area contributed by atoms with Gasteiger partial charge in [-0.15, -0.1) is 5.10 Å². The molecule has 0 amide bonds. The van der Waals surface area contributed by atoms with Crippen LogP contribution in [-0.2, 0) is 24.9 Å². The Labute approximate surface area is 228 Å². The molecule has 1 unspecified atom stereocenters. The Bertz CT molecular complexity index is 1530. The summed E-state index contributed by atoms with van der Waals surface area (Å²) in [7, 11) is 1.85. The molecule has 9 nitrogen and oxygen atoms in total. The predicted octanol–water partition coefficient (Wildman–Crippen LogP) is 4.71. The highest BCUT2D eigenvalue weighted by atomic mass is 16.5. The number of aryl methyl sites for hydroxylation is 3. The molecule has 2 atom stereocenters. The molecule has 0 saturated heterocycles. The van der Waals surface area contributed by atoms with E-state index in [1.807, 2.05) is 32.2 Å². The van der Waals surface area contributed by atoms with Crippen molar-refractivity contribution in [3.8, 4) is 11.6 Å². The highest BCUT2D eigenvalue weighted by Crippen LogP contribution is 2.35. The second kappa shape index (κ2) is 10.6. The van der Waals surface area contributed by atoms with Gasteiger partial charge in [0, 0.05) is 38.7 Å². The zero-order valence-corrected chi connectivity index (χ0v) is 23.0. The van der Waals surface area contributed by atoms with Gasteiger partial charge in [-0.1, -0.05) is 43.3 Å². The van der Waals surface area contributed by atoms with Crippen LogP contribution in [0.25, 0.3) is 11.0 Å². The van der Waals surface area contributed by atoms with Gasteiger partial charge in [-0.3, -0.25) is 9.69 Å². The molecule has 1 aliphatic rings. The number of pyridine rings is 1. The van der Waals surface area contributed by atoms with Crippen LogP contribution in [0.4, 0.5) is 0 Å². The van der Waals surface area contributed by atoms with Crippen LogP contribution in [0, 0.1) is 19.8 Å². The van der Waals surface area contributed by atoms with Crippen LogP contribution in [0.15, 0.2) is 42.5 Å². The minimum atomic E-state index is -0.854. The number of carbonyl (C=O) groups is 1. The van der Waals surface area contributed by atoms with Crippen LogP contribution < -0.4 is 4.74 Å². The highest BCUT2D eigenvalue weighted by Gasteiger charge is 2.28. The third-order valence-electron chi connectivity index (χ3n) is 7.75. The van der Waals surface area contributed by atoms with Gasteiger partial charge in [0.1, 0.15) is 23.1 Å². The first kappa shape index (κ1) is 26.6. The summed E-state index contributed by atoms with van der Waals surface area (Å²) in [5.74, 6) is -0.212. The quantitative estimate of drug-likeness (QED) is 0.354. The Morgan fingerprint density at radius 3 is 2.69 bits per heavy atom. The van der Waals surface area contributed by atoms with E-state index in [2.05, 4.69) is 53.1 Å². The molecule has 5 rings (SSSR count). The van der Waals surface area contributed by atoms with Crippen molar-refractivity contribution in [2.45, 2.75) is 59.2 Å². The molecule has 2 aromatic heterocycles. The summed E-state index contributed by atoms with van der Waals surface area (Å²) < 4.78 is 8.02. The second-order valence-electron chi connectivity index (χ2n) is 10.9. The summed E-state index contributed by atoms with van der Waals surface area (Å²) in [5, 5.41) is 28.3. The number of hydrogen-bond acceptors (Lipinski definition) is 7. The fourth-order valence-corrected chi connectivity index (χ4v) is 5.42. The smallest absolute Gasteiger partial charge is 0.304 e. The van der Waals surface area contributed by atoms with E-state index in [-0.39, 0.29) is 24.3 Å². The number of ether oxygens (including phenoxy) is 1. The molecule has 0 bridgehead atoms. The van der Waals surface area contributed by atoms with Crippen molar-refractivity contribution in [1.29, 1.82) is 0 Å². The van der Waals surface area contributed by atoms with Crippen LogP contribution in [0.3, 0.4) is 0 Å². The molecule has 0 saturated carbocycles. The minimum Gasteiger partial charge on any atom is -0.493 e. The van der Waals surface area contributed by atoms with E-state index in [0.717, 1.165) is 38.9 Å². The number of fused-ring (bicyclic) bond motifs is 2. The van der Waals surface area contributed by atoms with E-state index in [4.69, 9.17) is 4.74 Å². The molecule has 0 radical (unpaired) electrons. The molecule has 2 aromatic carbocycles. The van der Waals surface area contributed by atoms with E-state index in [0.29, 0.717) is 37.0 Å². The molecule has 204 valence electrons. The molecule has 3 heterocycles. The summed E-state index contributed by atoms with van der Waals surface area (Å²) in [6.45, 7) is 10.2. The summed E-state index contributed by atoms with van der Waals surface area (Å²) >= 11 is 0. The maximum Gasteiger partial charge on any atom is 0.304 e. The number of rotatable bonds is 7. The number of nitrogens with zero attached hydrogens (tertiary/aromatic N) is 5. The van der Waals surface area contributed by atoms with Crippen molar-refractivity contribution in [2.24, 2.45) is 13.0 Å². The van der Waals surface area contributed by atoms with Crippen LogP contribution in [-0.4, -0.2) is 53.7 Å². The Morgan fingerprint density at radius 1 is 1.15 bits per heavy atom. The van der Waals surface area contributed by atoms with Gasteiger partial charge >= 0.3 is 5.97 Å².